The van der Waals surface area contributed by atoms with Gasteiger partial charge in [-0.2, -0.15) is 0 Å². The lowest BCUT2D eigenvalue weighted by atomic mass is 10.4. The van der Waals surface area contributed by atoms with E-state index in [1.54, 1.807) is 0 Å². The Morgan fingerprint density at radius 3 is 1.40 bits per heavy atom. The van der Waals surface area contributed by atoms with Crippen LogP contribution in [0.2, 0.25) is 16.6 Å². The lowest BCUT2D eigenvalue weighted by Gasteiger charge is -2.43. The van der Waals surface area contributed by atoms with Crippen LogP contribution in [-0.2, 0) is 4.43 Å². The zero-order chi connectivity index (χ0) is 12.2. The van der Waals surface area contributed by atoms with Crippen molar-refractivity contribution in [3.8, 4) is 0 Å². The molecule has 0 aliphatic carbocycles. The Morgan fingerprint density at radius 2 is 1.20 bits per heavy atom. The normalized spacial score (nSPS) is 15.1. The molecule has 2 heteroatoms. The smallest absolute Gasteiger partial charge is 0.201 e. The van der Waals surface area contributed by atoms with Crippen molar-refractivity contribution < 1.29 is 4.43 Å². The minimum Gasteiger partial charge on any atom is -0.410 e. The molecule has 0 bridgehead atoms. The third-order valence-corrected chi connectivity index (χ3v) is 9.62. The summed E-state index contributed by atoms with van der Waals surface area (Å²) in [6.07, 6.45) is 2.10. The van der Waals surface area contributed by atoms with Crippen LogP contribution in [0.15, 0.2) is 12.7 Å². The molecule has 0 N–H and O–H groups in total. The van der Waals surface area contributed by atoms with E-state index in [1.165, 1.54) is 0 Å². The first-order chi connectivity index (χ1) is 6.78. The first kappa shape index (κ1) is 14.9. The van der Waals surface area contributed by atoms with E-state index in [0.29, 0.717) is 16.6 Å². The van der Waals surface area contributed by atoms with E-state index >= 15 is 0 Å². The van der Waals surface area contributed by atoms with Crippen molar-refractivity contribution in [1.82, 2.24) is 0 Å². The van der Waals surface area contributed by atoms with Crippen molar-refractivity contribution in [2.24, 2.45) is 0 Å². The Hall–Kier alpha value is -0.0831. The molecule has 0 saturated heterocycles. The van der Waals surface area contributed by atoms with Gasteiger partial charge in [-0.05, 0) is 23.5 Å². The second kappa shape index (κ2) is 5.85. The second-order valence-electron chi connectivity index (χ2n) is 5.38. The summed E-state index contributed by atoms with van der Waals surface area (Å²) >= 11 is 0. The largest absolute Gasteiger partial charge is 0.410 e. The molecule has 1 atom stereocenters. The topological polar surface area (TPSA) is 9.23 Å². The Kier molecular flexibility index (Phi) is 5.82. The number of hydrogen-bond donors (Lipinski definition) is 0. The van der Waals surface area contributed by atoms with Gasteiger partial charge in [-0.15, -0.1) is 6.58 Å². The van der Waals surface area contributed by atoms with Crippen LogP contribution in [0.4, 0.5) is 0 Å². The second-order valence-corrected chi connectivity index (χ2v) is 10.8. The average Bonchev–Trinajstić information content (AvgIpc) is 2.11. The van der Waals surface area contributed by atoms with Crippen LogP contribution in [0.3, 0.4) is 0 Å². The van der Waals surface area contributed by atoms with Crippen molar-refractivity contribution in [2.75, 3.05) is 0 Å². The highest BCUT2D eigenvalue weighted by Crippen LogP contribution is 2.42. The fraction of sp³-hybridized carbons (Fsp3) is 0.846. The maximum absolute atomic E-state index is 6.39. The number of rotatable bonds is 6. The highest BCUT2D eigenvalue weighted by molar-refractivity contribution is 6.77. The molecule has 0 spiro atoms. The monoisotopic (exact) mass is 228 g/mol. The minimum absolute atomic E-state index is 0.184. The first-order valence-electron chi connectivity index (χ1n) is 6.09. The van der Waals surface area contributed by atoms with Gasteiger partial charge >= 0.3 is 0 Å². The molecule has 0 fully saturated rings. The Bertz CT molecular complexity index is 175. The first-order valence-corrected chi connectivity index (χ1v) is 8.23. The lowest BCUT2D eigenvalue weighted by molar-refractivity contribution is 0.234. The van der Waals surface area contributed by atoms with Gasteiger partial charge in [0.25, 0.3) is 0 Å². The van der Waals surface area contributed by atoms with Gasteiger partial charge in [0.05, 0.1) is 6.10 Å². The van der Waals surface area contributed by atoms with E-state index in [4.69, 9.17) is 4.43 Å². The van der Waals surface area contributed by atoms with Crippen LogP contribution in [0.5, 0.6) is 0 Å². The molecule has 1 nitrogen and oxygen atoms in total. The van der Waals surface area contributed by atoms with Crippen LogP contribution < -0.4 is 0 Å². The SMILES string of the molecule is C=C[C@H](C)O[Si](C(C)C)(C(C)C)C(C)C. The Labute approximate surface area is 97.0 Å². The van der Waals surface area contributed by atoms with E-state index in [1.807, 2.05) is 6.08 Å². The average molecular weight is 228 g/mol. The van der Waals surface area contributed by atoms with E-state index in [-0.39, 0.29) is 6.10 Å². The van der Waals surface area contributed by atoms with Crippen molar-refractivity contribution in [3.63, 3.8) is 0 Å². The maximum atomic E-state index is 6.39. The molecule has 0 aromatic heterocycles. The van der Waals surface area contributed by atoms with Gasteiger partial charge in [0, 0.05) is 0 Å². The molecule has 0 radical (unpaired) electrons. The molecule has 0 aliphatic rings. The van der Waals surface area contributed by atoms with Crippen LogP contribution in [0, 0.1) is 0 Å². The summed E-state index contributed by atoms with van der Waals surface area (Å²) in [7, 11) is -1.68. The summed E-state index contributed by atoms with van der Waals surface area (Å²) in [5, 5.41) is 0. The maximum Gasteiger partial charge on any atom is 0.201 e. The fourth-order valence-corrected chi connectivity index (χ4v) is 8.34. The molecule has 0 rings (SSSR count). The standard InChI is InChI=1S/C13H28OSi/c1-9-13(8)14-15(10(2)3,11(4)5)12(6)7/h9-13H,1H2,2-8H3/t13-/m0/s1. The summed E-state index contributed by atoms with van der Waals surface area (Å²) in [5.41, 5.74) is 1.96. The van der Waals surface area contributed by atoms with Crippen LogP contribution in [-0.4, -0.2) is 14.4 Å². The quantitative estimate of drug-likeness (QED) is 0.471. The van der Waals surface area contributed by atoms with E-state index < -0.39 is 8.32 Å². The molecule has 0 heterocycles. The van der Waals surface area contributed by atoms with Crippen LogP contribution in [0.1, 0.15) is 48.5 Å². The highest BCUT2D eigenvalue weighted by Gasteiger charge is 2.45. The summed E-state index contributed by atoms with van der Waals surface area (Å²) in [6, 6.07) is 0. The van der Waals surface area contributed by atoms with Crippen molar-refractivity contribution in [2.45, 2.75) is 71.2 Å². The van der Waals surface area contributed by atoms with Gasteiger partial charge in [-0.1, -0.05) is 47.6 Å². The summed E-state index contributed by atoms with van der Waals surface area (Å²) in [4.78, 5) is 0. The van der Waals surface area contributed by atoms with Gasteiger partial charge in [-0.25, -0.2) is 0 Å². The van der Waals surface area contributed by atoms with Gasteiger partial charge < -0.3 is 4.43 Å². The Balaban J connectivity index is 5.04. The zero-order valence-corrected chi connectivity index (χ0v) is 12.5. The van der Waals surface area contributed by atoms with Gasteiger partial charge in [0.1, 0.15) is 0 Å². The summed E-state index contributed by atoms with van der Waals surface area (Å²) in [6.45, 7) is 19.8. The van der Waals surface area contributed by atoms with E-state index in [0.717, 1.165) is 0 Å². The van der Waals surface area contributed by atoms with Crippen molar-refractivity contribution in [3.05, 3.63) is 12.7 Å². The molecule has 0 aromatic carbocycles. The molecule has 0 saturated carbocycles. The third-order valence-electron chi connectivity index (χ3n) is 3.43. The third kappa shape index (κ3) is 3.18. The predicted molar refractivity (Wildman–Crippen MR) is 71.8 cm³/mol. The van der Waals surface area contributed by atoms with Gasteiger partial charge in [0.15, 0.2) is 0 Å². The predicted octanol–water partition coefficient (Wildman–Crippen LogP) is 4.75. The Morgan fingerprint density at radius 1 is 0.867 bits per heavy atom. The highest BCUT2D eigenvalue weighted by atomic mass is 28.4. The van der Waals surface area contributed by atoms with E-state index in [2.05, 4.69) is 55.0 Å². The van der Waals surface area contributed by atoms with E-state index in [9.17, 15) is 0 Å². The molecule has 0 unspecified atom stereocenters. The van der Waals surface area contributed by atoms with Crippen molar-refractivity contribution in [1.29, 1.82) is 0 Å². The summed E-state index contributed by atoms with van der Waals surface area (Å²) < 4.78 is 6.39. The molecule has 15 heavy (non-hydrogen) atoms. The number of hydrogen-bond acceptors (Lipinski definition) is 1. The van der Waals surface area contributed by atoms with Crippen LogP contribution >= 0.6 is 0 Å². The lowest BCUT2D eigenvalue weighted by Crippen LogP contribution is -2.49. The molecule has 0 amide bonds. The summed E-state index contributed by atoms with van der Waals surface area (Å²) in [5.74, 6) is 0. The van der Waals surface area contributed by atoms with Crippen LogP contribution in [0.25, 0.3) is 0 Å². The molecule has 0 aromatic rings. The molecule has 0 aliphatic heterocycles. The minimum atomic E-state index is -1.68. The fourth-order valence-electron chi connectivity index (χ4n) is 2.78. The molecular formula is C13H28OSi. The zero-order valence-electron chi connectivity index (χ0n) is 11.5. The van der Waals surface area contributed by atoms with Crippen molar-refractivity contribution >= 4 is 8.32 Å². The molecular weight excluding hydrogens is 200 g/mol. The van der Waals surface area contributed by atoms with Gasteiger partial charge in [0.2, 0.25) is 8.32 Å². The molecule has 90 valence electrons. The van der Waals surface area contributed by atoms with Gasteiger partial charge in [-0.3, -0.25) is 0 Å².